The molecule has 3 rings (SSSR count). The van der Waals surface area contributed by atoms with E-state index in [4.69, 9.17) is 23.8 Å². The maximum atomic E-state index is 12.9. The van der Waals surface area contributed by atoms with Crippen LogP contribution in [-0.2, 0) is 12.7 Å². The summed E-state index contributed by atoms with van der Waals surface area (Å²) in [6.07, 6.45) is -1.95. The van der Waals surface area contributed by atoms with E-state index in [1.54, 1.807) is 6.07 Å². The minimum absolute atomic E-state index is 0.204. The molecule has 0 spiro atoms. The average molecular weight is 417 g/mol. The number of hydrogen-bond acceptors (Lipinski definition) is 2. The number of aryl methyl sites for hydroxylation is 1. The van der Waals surface area contributed by atoms with Gasteiger partial charge in [0.1, 0.15) is 0 Å². The second-order valence-electron chi connectivity index (χ2n) is 6.60. The van der Waals surface area contributed by atoms with Crippen LogP contribution in [0, 0.1) is 6.92 Å². The van der Waals surface area contributed by atoms with Crippen LogP contribution >= 0.6 is 23.8 Å². The van der Waals surface area contributed by atoms with Crippen molar-refractivity contribution in [2.45, 2.75) is 44.8 Å². The lowest BCUT2D eigenvalue weighted by Gasteiger charge is -2.13. The van der Waals surface area contributed by atoms with Gasteiger partial charge in [0.2, 0.25) is 0 Å². The summed E-state index contributed by atoms with van der Waals surface area (Å²) >= 11 is 11.3. The summed E-state index contributed by atoms with van der Waals surface area (Å²) < 4.78 is 40.2. The van der Waals surface area contributed by atoms with Gasteiger partial charge in [-0.05, 0) is 62.2 Å². The van der Waals surface area contributed by atoms with Crippen molar-refractivity contribution in [2.24, 2.45) is 0 Å². The molecule has 9 heteroatoms. The second kappa shape index (κ2) is 8.06. The third-order valence-electron chi connectivity index (χ3n) is 4.45. The number of rotatable bonds is 6. The van der Waals surface area contributed by atoms with Crippen molar-refractivity contribution >= 4 is 34.6 Å². The fraction of sp³-hybridized carbons (Fsp3) is 0.444. The van der Waals surface area contributed by atoms with Crippen LogP contribution in [0.1, 0.15) is 42.1 Å². The first kappa shape index (κ1) is 19.9. The van der Waals surface area contributed by atoms with E-state index >= 15 is 0 Å². The highest BCUT2D eigenvalue weighted by Crippen LogP contribution is 2.42. The van der Waals surface area contributed by atoms with Crippen LogP contribution in [0.4, 0.5) is 18.9 Å². The summed E-state index contributed by atoms with van der Waals surface area (Å²) in [5.74, 6) is 0.204. The Hall–Kier alpha value is -1.80. The molecule has 0 amide bonds. The van der Waals surface area contributed by atoms with Gasteiger partial charge in [-0.25, -0.2) is 0 Å². The fourth-order valence-electron chi connectivity index (χ4n) is 2.80. The normalized spacial score (nSPS) is 14.3. The maximum absolute atomic E-state index is 12.9. The van der Waals surface area contributed by atoms with Crippen molar-refractivity contribution in [3.8, 4) is 0 Å². The Morgan fingerprint density at radius 2 is 2.11 bits per heavy atom. The Morgan fingerprint density at radius 1 is 1.37 bits per heavy atom. The lowest BCUT2D eigenvalue weighted by Crippen LogP contribution is -2.30. The lowest BCUT2D eigenvalue weighted by atomic mass is 10.2. The predicted octanol–water partition coefficient (Wildman–Crippen LogP) is 5.12. The second-order valence-corrected chi connectivity index (χ2v) is 7.41. The number of nitrogens with zero attached hydrogens (tertiary/aromatic N) is 2. The number of anilines is 1. The van der Waals surface area contributed by atoms with Crippen LogP contribution in [0.15, 0.2) is 24.3 Å². The van der Waals surface area contributed by atoms with Gasteiger partial charge in [-0.2, -0.15) is 18.3 Å². The zero-order chi connectivity index (χ0) is 19.6. The van der Waals surface area contributed by atoms with Crippen LogP contribution < -0.4 is 10.6 Å². The first-order valence-electron chi connectivity index (χ1n) is 8.70. The maximum Gasteiger partial charge on any atom is 0.435 e. The molecule has 146 valence electrons. The Bertz CT molecular complexity index is 830. The predicted molar refractivity (Wildman–Crippen MR) is 104 cm³/mol. The van der Waals surface area contributed by atoms with Gasteiger partial charge in [0, 0.05) is 35.4 Å². The molecule has 1 fully saturated rings. The molecule has 1 aromatic heterocycles. The summed E-state index contributed by atoms with van der Waals surface area (Å²) in [5, 5.41) is 11.0. The van der Waals surface area contributed by atoms with Crippen molar-refractivity contribution in [3.63, 3.8) is 0 Å². The summed E-state index contributed by atoms with van der Waals surface area (Å²) in [5.41, 5.74) is 1.58. The van der Waals surface area contributed by atoms with Crippen molar-refractivity contribution < 1.29 is 13.2 Å². The molecule has 1 saturated carbocycles. The standard InChI is InChI=1S/C18H20ClF3N4S/c1-11-13(19)4-2-5-14(11)24-17(27)23-8-3-9-26-15(12-6-7-12)10-16(25-26)18(20,21)22/h2,4-5,10,12H,3,6-9H2,1H3,(H2,23,24,27). The van der Waals surface area contributed by atoms with Gasteiger partial charge in [0.05, 0.1) is 0 Å². The molecule has 1 heterocycles. The quantitative estimate of drug-likeness (QED) is 0.506. The Morgan fingerprint density at radius 3 is 2.78 bits per heavy atom. The van der Waals surface area contributed by atoms with E-state index < -0.39 is 11.9 Å². The highest BCUT2D eigenvalue weighted by atomic mass is 35.5. The van der Waals surface area contributed by atoms with E-state index in [9.17, 15) is 13.2 Å². The third kappa shape index (κ3) is 5.13. The zero-order valence-corrected chi connectivity index (χ0v) is 16.3. The van der Waals surface area contributed by atoms with E-state index in [2.05, 4.69) is 15.7 Å². The number of nitrogens with one attached hydrogen (secondary N) is 2. The van der Waals surface area contributed by atoms with Crippen LogP contribution in [0.5, 0.6) is 0 Å². The highest BCUT2D eigenvalue weighted by Gasteiger charge is 2.37. The molecule has 2 aromatic rings. The van der Waals surface area contributed by atoms with E-state index in [1.807, 2.05) is 19.1 Å². The third-order valence-corrected chi connectivity index (χ3v) is 5.10. The van der Waals surface area contributed by atoms with Gasteiger partial charge < -0.3 is 10.6 Å². The molecule has 2 N–H and O–H groups in total. The molecule has 4 nitrogen and oxygen atoms in total. The SMILES string of the molecule is Cc1c(Cl)cccc1NC(=S)NCCCn1nc(C(F)(F)F)cc1C1CC1. The molecule has 0 unspecified atom stereocenters. The monoisotopic (exact) mass is 416 g/mol. The average Bonchev–Trinajstić information content (AvgIpc) is 3.34. The number of aromatic nitrogens is 2. The van der Waals surface area contributed by atoms with Crippen LogP contribution in [0.3, 0.4) is 0 Å². The Kier molecular flexibility index (Phi) is 5.95. The molecule has 0 saturated heterocycles. The summed E-state index contributed by atoms with van der Waals surface area (Å²) in [6.45, 7) is 2.83. The minimum Gasteiger partial charge on any atom is -0.362 e. The van der Waals surface area contributed by atoms with Crippen molar-refractivity contribution in [2.75, 3.05) is 11.9 Å². The van der Waals surface area contributed by atoms with Crippen molar-refractivity contribution in [1.29, 1.82) is 0 Å². The molecule has 1 aromatic carbocycles. The Labute approximate surface area is 166 Å². The first-order valence-corrected chi connectivity index (χ1v) is 9.49. The van der Waals surface area contributed by atoms with Gasteiger partial charge >= 0.3 is 6.18 Å². The fourth-order valence-corrected chi connectivity index (χ4v) is 3.18. The van der Waals surface area contributed by atoms with Gasteiger partial charge in [-0.1, -0.05) is 17.7 Å². The van der Waals surface area contributed by atoms with Crippen molar-refractivity contribution in [3.05, 3.63) is 46.2 Å². The molecular formula is C18H20ClF3N4S. The van der Waals surface area contributed by atoms with E-state index in [-0.39, 0.29) is 5.92 Å². The van der Waals surface area contributed by atoms with Crippen LogP contribution in [0.25, 0.3) is 0 Å². The van der Waals surface area contributed by atoms with Crippen LogP contribution in [-0.4, -0.2) is 21.4 Å². The molecule has 0 aliphatic heterocycles. The lowest BCUT2D eigenvalue weighted by molar-refractivity contribution is -0.141. The molecular weight excluding hydrogens is 397 g/mol. The summed E-state index contributed by atoms with van der Waals surface area (Å²) in [4.78, 5) is 0. The highest BCUT2D eigenvalue weighted by molar-refractivity contribution is 7.80. The van der Waals surface area contributed by atoms with Gasteiger partial charge in [-0.3, -0.25) is 4.68 Å². The largest absolute Gasteiger partial charge is 0.435 e. The number of alkyl halides is 3. The van der Waals surface area contributed by atoms with Gasteiger partial charge in [0.15, 0.2) is 10.8 Å². The topological polar surface area (TPSA) is 41.9 Å². The molecule has 1 aliphatic carbocycles. The molecule has 27 heavy (non-hydrogen) atoms. The first-order chi connectivity index (χ1) is 12.8. The Balaban J connectivity index is 1.51. The van der Waals surface area contributed by atoms with E-state index in [0.717, 1.165) is 24.1 Å². The summed E-state index contributed by atoms with van der Waals surface area (Å²) in [6, 6.07) is 6.68. The summed E-state index contributed by atoms with van der Waals surface area (Å²) in [7, 11) is 0. The van der Waals surface area contributed by atoms with E-state index in [0.29, 0.717) is 35.3 Å². The van der Waals surface area contributed by atoms with Crippen molar-refractivity contribution in [1.82, 2.24) is 15.1 Å². The minimum atomic E-state index is -4.41. The smallest absolute Gasteiger partial charge is 0.362 e. The van der Waals surface area contributed by atoms with Crippen LogP contribution in [0.2, 0.25) is 5.02 Å². The number of halogens is 4. The van der Waals surface area contributed by atoms with Gasteiger partial charge in [0.25, 0.3) is 0 Å². The molecule has 0 bridgehead atoms. The number of hydrogen-bond donors (Lipinski definition) is 2. The number of thiocarbonyl (C=S) groups is 1. The molecule has 0 radical (unpaired) electrons. The number of benzene rings is 1. The molecule has 0 atom stereocenters. The molecule has 1 aliphatic rings. The van der Waals surface area contributed by atoms with Gasteiger partial charge in [-0.15, -0.1) is 0 Å². The zero-order valence-electron chi connectivity index (χ0n) is 14.7. The van der Waals surface area contributed by atoms with E-state index in [1.165, 1.54) is 10.7 Å².